The molecule has 2 aromatic rings. The Morgan fingerprint density at radius 2 is 1.69 bits per heavy atom. The lowest BCUT2D eigenvalue weighted by molar-refractivity contribution is 0.0951. The molecule has 0 fully saturated rings. The minimum atomic E-state index is -3.57. The molecule has 0 atom stereocenters. The van der Waals surface area contributed by atoms with Crippen molar-refractivity contribution in [2.45, 2.75) is 6.54 Å². The van der Waals surface area contributed by atoms with E-state index in [4.69, 9.17) is 0 Å². The monoisotopic (exact) mass is 386 g/mol. The summed E-state index contributed by atoms with van der Waals surface area (Å²) in [5.41, 5.74) is 0.511. The van der Waals surface area contributed by atoms with Gasteiger partial charge in [-0.15, -0.1) is 0 Å². The van der Waals surface area contributed by atoms with Gasteiger partial charge in [0.05, 0.1) is 6.26 Å². The minimum absolute atomic E-state index is 0.0140. The van der Waals surface area contributed by atoms with Crippen LogP contribution in [0.2, 0.25) is 0 Å². The molecule has 0 saturated carbocycles. The van der Waals surface area contributed by atoms with Crippen molar-refractivity contribution < 1.29 is 26.4 Å². The number of carbonyl (C=O) groups is 1. The molecular weight excluding hydrogens is 369 g/mol. The Morgan fingerprint density at radius 1 is 1.04 bits per heavy atom. The average molecular weight is 386 g/mol. The van der Waals surface area contributed by atoms with Crippen molar-refractivity contribution in [3.63, 3.8) is 0 Å². The molecule has 0 aliphatic rings. The third-order valence-electron chi connectivity index (χ3n) is 3.57. The van der Waals surface area contributed by atoms with Crippen LogP contribution in [-0.2, 0) is 16.6 Å². The molecular formula is C17H17F3N2O3S. The van der Waals surface area contributed by atoms with E-state index >= 15 is 0 Å². The molecule has 5 nitrogen and oxygen atoms in total. The molecule has 9 heteroatoms. The molecule has 0 radical (unpaired) electrons. The maximum atomic E-state index is 13.1. The fourth-order valence-electron chi connectivity index (χ4n) is 2.19. The van der Waals surface area contributed by atoms with Crippen molar-refractivity contribution in [3.8, 4) is 0 Å². The van der Waals surface area contributed by atoms with Crippen molar-refractivity contribution >= 4 is 15.9 Å². The van der Waals surface area contributed by atoms with E-state index in [-0.39, 0.29) is 25.2 Å². The smallest absolute Gasteiger partial charge is 0.251 e. The van der Waals surface area contributed by atoms with Crippen LogP contribution < -0.4 is 5.32 Å². The van der Waals surface area contributed by atoms with Crippen LogP contribution in [-0.4, -0.2) is 38.0 Å². The van der Waals surface area contributed by atoms with Crippen molar-refractivity contribution in [1.29, 1.82) is 0 Å². The zero-order valence-corrected chi connectivity index (χ0v) is 14.7. The second-order valence-corrected chi connectivity index (χ2v) is 7.59. The summed E-state index contributed by atoms with van der Waals surface area (Å²) < 4.78 is 63.8. The molecule has 0 aliphatic heterocycles. The van der Waals surface area contributed by atoms with Crippen LogP contribution >= 0.6 is 0 Å². The van der Waals surface area contributed by atoms with Gasteiger partial charge in [0.15, 0.2) is 11.6 Å². The number of benzene rings is 2. The third kappa shape index (κ3) is 5.57. The second kappa shape index (κ2) is 8.33. The maximum Gasteiger partial charge on any atom is 0.251 e. The molecule has 0 bridgehead atoms. The molecule has 26 heavy (non-hydrogen) atoms. The zero-order chi connectivity index (χ0) is 19.3. The van der Waals surface area contributed by atoms with E-state index in [1.165, 1.54) is 24.3 Å². The number of carbonyl (C=O) groups excluding carboxylic acids is 1. The van der Waals surface area contributed by atoms with Crippen LogP contribution in [0.5, 0.6) is 0 Å². The normalized spacial score (nSPS) is 11.6. The van der Waals surface area contributed by atoms with Gasteiger partial charge in [-0.2, -0.15) is 4.31 Å². The molecule has 0 heterocycles. The van der Waals surface area contributed by atoms with Gasteiger partial charge in [-0.05, 0) is 35.9 Å². The quantitative estimate of drug-likeness (QED) is 0.794. The first-order valence-corrected chi connectivity index (χ1v) is 9.44. The summed E-state index contributed by atoms with van der Waals surface area (Å²) >= 11 is 0. The highest BCUT2D eigenvalue weighted by Gasteiger charge is 2.17. The van der Waals surface area contributed by atoms with Gasteiger partial charge in [-0.25, -0.2) is 21.6 Å². The Balaban J connectivity index is 1.97. The Hall–Kier alpha value is -2.39. The molecule has 0 unspecified atom stereocenters. The van der Waals surface area contributed by atoms with Crippen LogP contribution in [0.1, 0.15) is 15.9 Å². The van der Waals surface area contributed by atoms with Crippen molar-refractivity contribution in [2.75, 3.05) is 19.3 Å². The number of hydrogen-bond donors (Lipinski definition) is 1. The van der Waals surface area contributed by atoms with Crippen LogP contribution in [0.25, 0.3) is 0 Å². The van der Waals surface area contributed by atoms with Crippen LogP contribution in [0.4, 0.5) is 13.2 Å². The van der Waals surface area contributed by atoms with Crippen LogP contribution in [0.15, 0.2) is 42.5 Å². The molecule has 0 aliphatic carbocycles. The number of rotatable bonds is 7. The molecule has 1 N–H and O–H groups in total. The summed E-state index contributed by atoms with van der Waals surface area (Å²) in [4.78, 5) is 11.9. The van der Waals surface area contributed by atoms with Gasteiger partial charge in [0, 0.05) is 25.2 Å². The predicted molar refractivity (Wildman–Crippen MR) is 90.3 cm³/mol. The molecule has 0 spiro atoms. The lowest BCUT2D eigenvalue weighted by atomic mass is 10.2. The molecule has 0 saturated heterocycles. The Labute approximate surface area is 149 Å². The lowest BCUT2D eigenvalue weighted by Crippen LogP contribution is -2.37. The van der Waals surface area contributed by atoms with E-state index in [2.05, 4.69) is 5.32 Å². The zero-order valence-electron chi connectivity index (χ0n) is 13.9. The number of amides is 1. The summed E-state index contributed by atoms with van der Waals surface area (Å²) in [7, 11) is -3.57. The van der Waals surface area contributed by atoms with Gasteiger partial charge in [0.2, 0.25) is 10.0 Å². The predicted octanol–water partition coefficient (Wildman–Crippen LogP) is 2.30. The Morgan fingerprint density at radius 3 is 2.27 bits per heavy atom. The first-order chi connectivity index (χ1) is 12.2. The van der Waals surface area contributed by atoms with Gasteiger partial charge in [-0.3, -0.25) is 4.79 Å². The third-order valence-corrected chi connectivity index (χ3v) is 4.82. The summed E-state index contributed by atoms with van der Waals surface area (Å²) in [5.74, 6) is -3.30. The van der Waals surface area contributed by atoms with E-state index in [9.17, 15) is 26.4 Å². The largest absolute Gasteiger partial charge is 0.351 e. The summed E-state index contributed by atoms with van der Waals surface area (Å²) in [6.07, 6.45) is 1.02. The topological polar surface area (TPSA) is 66.5 Å². The second-order valence-electron chi connectivity index (χ2n) is 5.61. The molecule has 2 aromatic carbocycles. The number of sulfonamides is 1. The fraction of sp³-hybridized carbons (Fsp3) is 0.235. The van der Waals surface area contributed by atoms with Crippen LogP contribution in [0, 0.1) is 17.5 Å². The molecule has 1 amide bonds. The van der Waals surface area contributed by atoms with Gasteiger partial charge in [0.1, 0.15) is 5.82 Å². The van der Waals surface area contributed by atoms with E-state index in [1.807, 2.05) is 0 Å². The average Bonchev–Trinajstić information content (AvgIpc) is 2.57. The SMILES string of the molecule is CS(=O)(=O)N(CCNC(=O)c1ccc(F)c(F)c1)Cc1ccc(F)cc1. The maximum absolute atomic E-state index is 13.1. The van der Waals surface area contributed by atoms with Crippen molar-refractivity contribution in [3.05, 3.63) is 71.0 Å². The highest BCUT2D eigenvalue weighted by molar-refractivity contribution is 7.88. The highest BCUT2D eigenvalue weighted by atomic mass is 32.2. The Kier molecular flexibility index (Phi) is 6.38. The van der Waals surface area contributed by atoms with Gasteiger partial charge >= 0.3 is 0 Å². The van der Waals surface area contributed by atoms with Crippen molar-refractivity contribution in [2.24, 2.45) is 0 Å². The standard InChI is InChI=1S/C17H17F3N2O3S/c1-26(24,25)22(11-12-2-5-14(18)6-3-12)9-8-21-17(23)13-4-7-15(19)16(20)10-13/h2-7,10H,8-9,11H2,1H3,(H,21,23). The van der Waals surface area contributed by atoms with Gasteiger partial charge in [-0.1, -0.05) is 12.1 Å². The fourth-order valence-corrected chi connectivity index (χ4v) is 3.00. The number of halogens is 3. The van der Waals surface area contributed by atoms with E-state index < -0.39 is 33.4 Å². The molecule has 2 rings (SSSR count). The number of nitrogens with zero attached hydrogens (tertiary/aromatic N) is 1. The Bertz CT molecular complexity index is 887. The van der Waals surface area contributed by atoms with Crippen molar-refractivity contribution in [1.82, 2.24) is 9.62 Å². The lowest BCUT2D eigenvalue weighted by Gasteiger charge is -2.20. The van der Waals surface area contributed by atoms with Gasteiger partial charge in [0.25, 0.3) is 5.91 Å². The highest BCUT2D eigenvalue weighted by Crippen LogP contribution is 2.10. The summed E-state index contributed by atoms with van der Waals surface area (Å²) in [5, 5.41) is 2.45. The van der Waals surface area contributed by atoms with E-state index in [1.54, 1.807) is 0 Å². The molecule has 0 aromatic heterocycles. The molecule has 140 valence electrons. The minimum Gasteiger partial charge on any atom is -0.351 e. The number of hydrogen-bond acceptors (Lipinski definition) is 3. The first kappa shape index (κ1) is 19.9. The van der Waals surface area contributed by atoms with Gasteiger partial charge < -0.3 is 5.32 Å². The summed E-state index contributed by atoms with van der Waals surface area (Å²) in [6.45, 7) is -0.0577. The van der Waals surface area contributed by atoms with E-state index in [0.717, 1.165) is 28.8 Å². The first-order valence-electron chi connectivity index (χ1n) is 7.59. The number of nitrogens with one attached hydrogen (secondary N) is 1. The van der Waals surface area contributed by atoms with Crippen LogP contribution in [0.3, 0.4) is 0 Å². The van der Waals surface area contributed by atoms with E-state index in [0.29, 0.717) is 5.56 Å². The summed E-state index contributed by atoms with van der Waals surface area (Å²) in [6, 6.07) is 8.10.